The maximum absolute atomic E-state index is 13.3. The predicted octanol–water partition coefficient (Wildman–Crippen LogP) is 7.60. The highest BCUT2D eigenvalue weighted by atomic mass is 16.8. The van der Waals surface area contributed by atoms with Crippen LogP contribution in [-0.4, -0.2) is 193 Å². The highest BCUT2D eigenvalue weighted by Crippen LogP contribution is 2.33. The molecule has 3 fully saturated rings. The summed E-state index contributed by atoms with van der Waals surface area (Å²) in [4.78, 5) is 13.3. The van der Waals surface area contributed by atoms with Crippen LogP contribution in [0, 0.1) is 0 Å². The van der Waals surface area contributed by atoms with E-state index in [1.54, 1.807) is 6.08 Å². The lowest BCUT2D eigenvalue weighted by Gasteiger charge is -2.48. The van der Waals surface area contributed by atoms with Gasteiger partial charge in [-0.15, -0.1) is 0 Å². The molecule has 12 N–H and O–H groups in total. The summed E-state index contributed by atoms with van der Waals surface area (Å²) in [5.41, 5.74) is 0. The third kappa shape index (κ3) is 31.2. The molecular weight excluding hydrogens is 1090 g/mol. The minimum atomic E-state index is -1.98. The quantitative estimate of drug-likeness (QED) is 0.0206. The van der Waals surface area contributed by atoms with E-state index in [-0.39, 0.29) is 18.9 Å². The second-order valence-corrected chi connectivity index (χ2v) is 23.5. The van der Waals surface area contributed by atoms with E-state index in [0.717, 1.165) is 70.6 Å². The number of hydrogen-bond acceptors (Lipinski definition) is 18. The van der Waals surface area contributed by atoms with Gasteiger partial charge in [0.2, 0.25) is 5.91 Å². The van der Waals surface area contributed by atoms with Crippen molar-refractivity contribution in [3.05, 3.63) is 60.8 Å². The monoisotopic (exact) mass is 1210 g/mol. The molecule has 0 aliphatic carbocycles. The Kier molecular flexibility index (Phi) is 43.7. The molecular formula is C66H117NO18. The molecule has 0 saturated carbocycles. The summed E-state index contributed by atoms with van der Waals surface area (Å²) < 4.78 is 34.3. The van der Waals surface area contributed by atoms with Crippen molar-refractivity contribution in [2.45, 2.75) is 324 Å². The topological polar surface area (TPSA) is 307 Å². The number of ether oxygens (including phenoxy) is 6. The molecule has 3 aliphatic rings. The number of allylic oxidation sites excluding steroid dienone is 9. The second kappa shape index (κ2) is 48.4. The van der Waals surface area contributed by atoms with Gasteiger partial charge < -0.3 is 89.9 Å². The standard InChI is InChI=1S/C66H117NO18/c1-3-5-7-9-11-13-15-17-19-20-21-22-23-24-25-26-27-28-30-31-33-35-37-39-41-43-50(71)49(67-54(72)44-42-40-38-36-34-32-29-18-16-14-12-10-8-6-4-2)48-80-64-60(78)57(75)62(52(46-69)82-64)85-66-61(79)58(76)63(53(47-70)83-66)84-65-59(77)56(74)55(73)51(45-68)81-65/h6,8,12,14,18,29,33,35,41,43,49-53,55-66,68-71,73-79H,3-5,7,9-11,13,15-17,19-28,30-32,34,36-40,42,44-48H2,1-2H3,(H,67,72)/b8-6-,14-12-,29-18-,35-33+,43-41+. The summed E-state index contributed by atoms with van der Waals surface area (Å²) in [6.07, 6.45) is 30.7. The van der Waals surface area contributed by atoms with Crippen LogP contribution in [0.25, 0.3) is 0 Å². The van der Waals surface area contributed by atoms with Crippen LogP contribution in [0.3, 0.4) is 0 Å². The van der Waals surface area contributed by atoms with E-state index in [1.807, 2.05) is 6.08 Å². The van der Waals surface area contributed by atoms with Gasteiger partial charge in [-0.05, 0) is 64.2 Å². The van der Waals surface area contributed by atoms with Gasteiger partial charge in [0.05, 0.1) is 38.6 Å². The molecule has 19 nitrogen and oxygen atoms in total. The first-order valence-corrected chi connectivity index (χ1v) is 33.0. The van der Waals surface area contributed by atoms with Crippen LogP contribution in [0.5, 0.6) is 0 Å². The van der Waals surface area contributed by atoms with Crippen LogP contribution in [-0.2, 0) is 33.2 Å². The summed E-state index contributed by atoms with van der Waals surface area (Å²) in [7, 11) is 0. The van der Waals surface area contributed by atoms with Crippen molar-refractivity contribution in [1.82, 2.24) is 5.32 Å². The Labute approximate surface area is 509 Å². The molecule has 17 atom stereocenters. The first-order chi connectivity index (χ1) is 41.3. The van der Waals surface area contributed by atoms with Crippen molar-refractivity contribution in [1.29, 1.82) is 0 Å². The lowest BCUT2D eigenvalue weighted by Crippen LogP contribution is -2.66. The Balaban J connectivity index is 1.47. The Bertz CT molecular complexity index is 1780. The van der Waals surface area contributed by atoms with Crippen molar-refractivity contribution < 1.29 is 89.4 Å². The molecule has 3 aliphatic heterocycles. The zero-order valence-electron chi connectivity index (χ0n) is 51.8. The van der Waals surface area contributed by atoms with Crippen LogP contribution in [0.1, 0.15) is 219 Å². The van der Waals surface area contributed by atoms with E-state index >= 15 is 0 Å². The van der Waals surface area contributed by atoms with Crippen LogP contribution >= 0.6 is 0 Å². The zero-order chi connectivity index (χ0) is 61.9. The van der Waals surface area contributed by atoms with Crippen LogP contribution in [0.4, 0.5) is 0 Å². The minimum Gasteiger partial charge on any atom is -0.394 e. The van der Waals surface area contributed by atoms with Crippen molar-refractivity contribution in [3.63, 3.8) is 0 Å². The minimum absolute atomic E-state index is 0.214. The Hall–Kier alpha value is -2.51. The fourth-order valence-corrected chi connectivity index (χ4v) is 10.9. The average molecular weight is 1210 g/mol. The van der Waals surface area contributed by atoms with E-state index in [9.17, 15) is 61.0 Å². The summed E-state index contributed by atoms with van der Waals surface area (Å²) in [5, 5.41) is 120. The molecule has 3 rings (SSSR count). The summed E-state index contributed by atoms with van der Waals surface area (Å²) in [6, 6.07) is -1.00. The normalized spacial score (nSPS) is 29.4. The maximum Gasteiger partial charge on any atom is 0.220 e. The van der Waals surface area contributed by atoms with Gasteiger partial charge >= 0.3 is 0 Å². The summed E-state index contributed by atoms with van der Waals surface area (Å²) in [5.74, 6) is -0.304. The Morgan fingerprint density at radius 2 is 0.824 bits per heavy atom. The SMILES string of the molecule is CC/C=C\C/C=C\C/C=C\CCCCCCCC(=O)NC(COC1OC(CO)C(OC2OC(CO)C(OC3OC(CO)C(O)C(O)C3O)C(O)C2O)C(O)C1O)C(O)/C=C/CC/C=C/CCCCCCCCCCCCCCCCCCCCC. The molecule has 0 aromatic heterocycles. The summed E-state index contributed by atoms with van der Waals surface area (Å²) in [6.45, 7) is 1.58. The first-order valence-electron chi connectivity index (χ1n) is 33.0. The van der Waals surface area contributed by atoms with E-state index in [1.165, 1.54) is 116 Å². The summed E-state index contributed by atoms with van der Waals surface area (Å²) >= 11 is 0. The third-order valence-electron chi connectivity index (χ3n) is 16.3. The highest BCUT2D eigenvalue weighted by Gasteiger charge is 2.53. The van der Waals surface area contributed by atoms with Crippen molar-refractivity contribution in [2.24, 2.45) is 0 Å². The molecule has 0 bridgehead atoms. The van der Waals surface area contributed by atoms with E-state index in [2.05, 4.69) is 67.8 Å². The lowest BCUT2D eigenvalue weighted by molar-refractivity contribution is -0.379. The van der Waals surface area contributed by atoms with Gasteiger partial charge in [-0.3, -0.25) is 4.79 Å². The average Bonchev–Trinajstić information content (AvgIpc) is 3.49. The Morgan fingerprint density at radius 1 is 0.435 bits per heavy atom. The number of carbonyl (C=O) groups is 1. The van der Waals surface area contributed by atoms with Gasteiger partial charge in [-0.25, -0.2) is 0 Å². The fourth-order valence-electron chi connectivity index (χ4n) is 10.9. The van der Waals surface area contributed by atoms with Crippen LogP contribution in [0.2, 0.25) is 0 Å². The van der Waals surface area contributed by atoms with E-state index in [4.69, 9.17) is 28.4 Å². The molecule has 0 spiro atoms. The van der Waals surface area contributed by atoms with Gasteiger partial charge in [-0.2, -0.15) is 0 Å². The molecule has 17 unspecified atom stereocenters. The molecule has 0 aromatic rings. The first kappa shape index (κ1) is 76.7. The van der Waals surface area contributed by atoms with Gasteiger partial charge in [0.25, 0.3) is 0 Å². The van der Waals surface area contributed by atoms with Crippen molar-refractivity contribution >= 4 is 5.91 Å². The second-order valence-electron chi connectivity index (χ2n) is 23.5. The maximum atomic E-state index is 13.3. The Morgan fingerprint density at radius 3 is 1.32 bits per heavy atom. The number of aliphatic hydroxyl groups excluding tert-OH is 11. The molecule has 3 heterocycles. The third-order valence-corrected chi connectivity index (χ3v) is 16.3. The van der Waals surface area contributed by atoms with E-state index in [0.29, 0.717) is 12.8 Å². The highest BCUT2D eigenvalue weighted by molar-refractivity contribution is 5.76. The molecule has 3 saturated heterocycles. The van der Waals surface area contributed by atoms with Gasteiger partial charge in [-0.1, -0.05) is 209 Å². The van der Waals surface area contributed by atoms with Gasteiger partial charge in [0, 0.05) is 6.42 Å². The number of carbonyl (C=O) groups excluding carboxylic acids is 1. The zero-order valence-corrected chi connectivity index (χ0v) is 51.8. The fraction of sp³-hybridized carbons (Fsp3) is 0.833. The molecule has 494 valence electrons. The predicted molar refractivity (Wildman–Crippen MR) is 328 cm³/mol. The number of rotatable bonds is 49. The molecule has 0 aromatic carbocycles. The number of nitrogens with one attached hydrogen (secondary N) is 1. The number of aliphatic hydroxyl groups is 11. The van der Waals surface area contributed by atoms with Crippen LogP contribution < -0.4 is 5.32 Å². The lowest BCUT2D eigenvalue weighted by atomic mass is 9.96. The largest absolute Gasteiger partial charge is 0.394 e. The van der Waals surface area contributed by atoms with Gasteiger partial charge in [0.15, 0.2) is 18.9 Å². The molecule has 85 heavy (non-hydrogen) atoms. The van der Waals surface area contributed by atoms with Gasteiger partial charge in [0.1, 0.15) is 73.2 Å². The van der Waals surface area contributed by atoms with Crippen LogP contribution in [0.15, 0.2) is 60.8 Å². The smallest absolute Gasteiger partial charge is 0.220 e. The van der Waals surface area contributed by atoms with Crippen molar-refractivity contribution in [3.8, 4) is 0 Å². The number of unbranched alkanes of at least 4 members (excludes halogenated alkanes) is 25. The molecule has 19 heteroatoms. The van der Waals surface area contributed by atoms with E-state index < -0.39 is 124 Å². The molecule has 0 radical (unpaired) electrons. The number of amides is 1. The van der Waals surface area contributed by atoms with Crippen molar-refractivity contribution in [2.75, 3.05) is 26.4 Å². The molecule has 1 amide bonds. The number of hydrogen-bond donors (Lipinski definition) is 12.